The van der Waals surface area contributed by atoms with Crippen LogP contribution >= 0.6 is 0 Å². The molecule has 0 bridgehead atoms. The van der Waals surface area contributed by atoms with E-state index in [0.29, 0.717) is 0 Å². The molecule has 92 valence electrons. The molecule has 1 aromatic carbocycles. The van der Waals surface area contributed by atoms with Gasteiger partial charge < -0.3 is 4.57 Å². The van der Waals surface area contributed by atoms with E-state index in [1.54, 1.807) is 12.1 Å². The van der Waals surface area contributed by atoms with Gasteiger partial charge in [-0.15, -0.1) is 0 Å². The Morgan fingerprint density at radius 2 is 2.00 bits per heavy atom. The van der Waals surface area contributed by atoms with Crippen molar-refractivity contribution in [1.29, 1.82) is 0 Å². The maximum Gasteiger partial charge on any atom is 0.277 e. The fourth-order valence-corrected chi connectivity index (χ4v) is 1.64. The fraction of sp³-hybridized carbons (Fsp3) is 0.0833. The molecule has 6 heteroatoms. The summed E-state index contributed by atoms with van der Waals surface area (Å²) in [5.41, 5.74) is -0.767. The third-order valence-corrected chi connectivity index (χ3v) is 2.52. The van der Waals surface area contributed by atoms with Crippen LogP contribution in [0.4, 0.5) is 10.1 Å². The molecule has 18 heavy (non-hydrogen) atoms. The van der Waals surface area contributed by atoms with Crippen molar-refractivity contribution in [2.45, 2.75) is 6.54 Å². The van der Waals surface area contributed by atoms with Gasteiger partial charge in [0, 0.05) is 18.3 Å². The first-order chi connectivity index (χ1) is 8.59. The standard InChI is InChI=1S/C12H9FN2O3/c13-10-4-3-5-11(15(17)18)9(10)8-14-7-2-1-6-12(14)16/h1-7H,8H2. The van der Waals surface area contributed by atoms with E-state index < -0.39 is 10.7 Å². The summed E-state index contributed by atoms with van der Waals surface area (Å²) in [5.74, 6) is -0.694. The minimum Gasteiger partial charge on any atom is -0.311 e. The number of pyridine rings is 1. The van der Waals surface area contributed by atoms with E-state index in [2.05, 4.69) is 0 Å². The zero-order chi connectivity index (χ0) is 13.1. The zero-order valence-corrected chi connectivity index (χ0v) is 9.25. The molecule has 0 aliphatic rings. The number of nitro benzene ring substituents is 1. The smallest absolute Gasteiger partial charge is 0.277 e. The first-order valence-electron chi connectivity index (χ1n) is 5.17. The van der Waals surface area contributed by atoms with Gasteiger partial charge in [0.15, 0.2) is 0 Å². The second-order valence-corrected chi connectivity index (χ2v) is 3.66. The predicted molar refractivity (Wildman–Crippen MR) is 62.9 cm³/mol. The molecule has 0 spiro atoms. The molecule has 0 radical (unpaired) electrons. The highest BCUT2D eigenvalue weighted by molar-refractivity contribution is 5.41. The largest absolute Gasteiger partial charge is 0.311 e. The molecule has 0 amide bonds. The molecule has 0 saturated heterocycles. The Hall–Kier alpha value is -2.50. The van der Waals surface area contributed by atoms with Gasteiger partial charge in [0.2, 0.25) is 0 Å². The van der Waals surface area contributed by atoms with E-state index >= 15 is 0 Å². The summed E-state index contributed by atoms with van der Waals surface area (Å²) in [6.45, 7) is -0.164. The minimum atomic E-state index is -0.694. The van der Waals surface area contributed by atoms with Crippen molar-refractivity contribution < 1.29 is 9.31 Å². The van der Waals surface area contributed by atoms with Crippen LogP contribution in [0, 0.1) is 15.9 Å². The molecule has 2 aromatic rings. The molecule has 1 aromatic heterocycles. The topological polar surface area (TPSA) is 65.1 Å². The number of aromatic nitrogens is 1. The van der Waals surface area contributed by atoms with Crippen LogP contribution in [0.5, 0.6) is 0 Å². The number of hydrogen-bond donors (Lipinski definition) is 0. The Morgan fingerprint density at radius 1 is 1.22 bits per heavy atom. The molecular weight excluding hydrogens is 239 g/mol. The second kappa shape index (κ2) is 4.79. The van der Waals surface area contributed by atoms with Crippen LogP contribution in [0.1, 0.15) is 5.56 Å². The van der Waals surface area contributed by atoms with Crippen LogP contribution in [-0.2, 0) is 6.54 Å². The summed E-state index contributed by atoms with van der Waals surface area (Å²) in [6, 6.07) is 8.09. The van der Waals surface area contributed by atoms with Crippen molar-refractivity contribution in [1.82, 2.24) is 4.57 Å². The Morgan fingerprint density at radius 3 is 2.67 bits per heavy atom. The summed E-state index contributed by atoms with van der Waals surface area (Å²) in [7, 11) is 0. The molecule has 0 aliphatic heterocycles. The first kappa shape index (κ1) is 12.0. The second-order valence-electron chi connectivity index (χ2n) is 3.66. The van der Waals surface area contributed by atoms with E-state index in [4.69, 9.17) is 0 Å². The Bertz CT molecular complexity index is 652. The summed E-state index contributed by atoms with van der Waals surface area (Å²) >= 11 is 0. The molecule has 0 saturated carbocycles. The molecule has 5 nitrogen and oxygen atoms in total. The number of halogens is 1. The summed E-state index contributed by atoms with van der Waals surface area (Å²) in [4.78, 5) is 21.6. The van der Waals surface area contributed by atoms with Crippen LogP contribution < -0.4 is 5.56 Å². The van der Waals surface area contributed by atoms with Gasteiger partial charge in [-0.05, 0) is 12.1 Å². The number of benzene rings is 1. The van der Waals surface area contributed by atoms with E-state index in [-0.39, 0.29) is 23.4 Å². The van der Waals surface area contributed by atoms with Gasteiger partial charge in [-0.25, -0.2) is 4.39 Å². The molecule has 1 heterocycles. The van der Waals surface area contributed by atoms with Crippen molar-refractivity contribution >= 4 is 5.69 Å². The first-order valence-corrected chi connectivity index (χ1v) is 5.17. The summed E-state index contributed by atoms with van der Waals surface area (Å²) < 4.78 is 14.8. The highest BCUT2D eigenvalue weighted by Gasteiger charge is 2.17. The van der Waals surface area contributed by atoms with Crippen molar-refractivity contribution in [3.63, 3.8) is 0 Å². The maximum atomic E-state index is 13.6. The average Bonchev–Trinajstić information content (AvgIpc) is 2.34. The Balaban J connectivity index is 2.50. The van der Waals surface area contributed by atoms with Crippen molar-refractivity contribution in [3.8, 4) is 0 Å². The monoisotopic (exact) mass is 248 g/mol. The number of nitrogens with zero attached hydrogens (tertiary/aromatic N) is 2. The van der Waals surface area contributed by atoms with Crippen molar-refractivity contribution in [2.75, 3.05) is 0 Å². The quantitative estimate of drug-likeness (QED) is 0.616. The van der Waals surface area contributed by atoms with Crippen LogP contribution in [0.2, 0.25) is 0 Å². The molecule has 0 N–H and O–H groups in total. The van der Waals surface area contributed by atoms with Crippen LogP contribution in [-0.4, -0.2) is 9.49 Å². The molecule has 0 atom stereocenters. The van der Waals surface area contributed by atoms with Gasteiger partial charge in [0.05, 0.1) is 17.0 Å². The normalized spacial score (nSPS) is 10.3. The average molecular weight is 248 g/mol. The molecule has 2 rings (SSSR count). The number of nitro groups is 1. The molecule has 0 fully saturated rings. The third kappa shape index (κ3) is 2.27. The van der Waals surface area contributed by atoms with E-state index in [1.165, 1.54) is 29.0 Å². The van der Waals surface area contributed by atoms with Gasteiger partial charge in [0.1, 0.15) is 5.82 Å². The van der Waals surface area contributed by atoms with E-state index in [9.17, 15) is 19.3 Å². The lowest BCUT2D eigenvalue weighted by atomic mass is 10.1. The van der Waals surface area contributed by atoms with Gasteiger partial charge in [-0.2, -0.15) is 0 Å². The SMILES string of the molecule is O=c1ccccn1Cc1c(F)cccc1[N+](=O)[O-]. The Kier molecular flexibility index (Phi) is 3.18. The lowest BCUT2D eigenvalue weighted by Crippen LogP contribution is -2.19. The van der Waals surface area contributed by atoms with Gasteiger partial charge >= 0.3 is 0 Å². The minimum absolute atomic E-state index is 0.101. The van der Waals surface area contributed by atoms with Crippen LogP contribution in [0.3, 0.4) is 0 Å². The third-order valence-electron chi connectivity index (χ3n) is 2.52. The number of rotatable bonds is 3. The lowest BCUT2D eigenvalue weighted by Gasteiger charge is -2.06. The Labute approximate surface area is 101 Å². The molecular formula is C12H9FN2O3. The van der Waals surface area contributed by atoms with Crippen molar-refractivity contribution in [3.05, 3.63) is 74.4 Å². The van der Waals surface area contributed by atoms with Crippen LogP contribution in [0.15, 0.2) is 47.4 Å². The fourth-order valence-electron chi connectivity index (χ4n) is 1.64. The highest BCUT2D eigenvalue weighted by atomic mass is 19.1. The molecule has 0 aliphatic carbocycles. The zero-order valence-electron chi connectivity index (χ0n) is 9.25. The van der Waals surface area contributed by atoms with Crippen LogP contribution in [0.25, 0.3) is 0 Å². The molecule has 0 unspecified atom stereocenters. The van der Waals surface area contributed by atoms with E-state index in [0.717, 1.165) is 6.07 Å². The predicted octanol–water partition coefficient (Wildman–Crippen LogP) is 1.94. The van der Waals surface area contributed by atoms with Crippen molar-refractivity contribution in [2.24, 2.45) is 0 Å². The van der Waals surface area contributed by atoms with E-state index in [1.807, 2.05) is 0 Å². The highest BCUT2D eigenvalue weighted by Crippen LogP contribution is 2.21. The van der Waals surface area contributed by atoms with Gasteiger partial charge in [0.25, 0.3) is 11.2 Å². The van der Waals surface area contributed by atoms with Gasteiger partial charge in [-0.3, -0.25) is 14.9 Å². The summed E-state index contributed by atoms with van der Waals surface area (Å²) in [5, 5.41) is 10.8. The maximum absolute atomic E-state index is 13.6. The van der Waals surface area contributed by atoms with Gasteiger partial charge in [-0.1, -0.05) is 12.1 Å². The lowest BCUT2D eigenvalue weighted by molar-refractivity contribution is -0.385. The number of hydrogen-bond acceptors (Lipinski definition) is 3. The summed E-state index contributed by atoms with van der Waals surface area (Å²) in [6.07, 6.45) is 1.46.